The highest BCUT2D eigenvalue weighted by Crippen LogP contribution is 2.35. The molecule has 1 aromatic rings. The van der Waals surface area contributed by atoms with Crippen molar-refractivity contribution in [3.8, 4) is 0 Å². The standard InChI is InChI=1S/C18H26O4/c1-3-22-17(19)9-5-7-15-6-4-8-16(14-15)18(20-2)10-12-21-13-11-18/h4,6,8,14H,3,5,7,9-13H2,1-2H3. The first kappa shape index (κ1) is 17.0. The molecule has 0 unspecified atom stereocenters. The zero-order chi connectivity index (χ0) is 15.8. The van der Waals surface area contributed by atoms with Gasteiger partial charge in [0.05, 0.1) is 12.2 Å². The Morgan fingerprint density at radius 1 is 1.32 bits per heavy atom. The van der Waals surface area contributed by atoms with Gasteiger partial charge in [-0.15, -0.1) is 0 Å². The molecule has 1 aromatic carbocycles. The van der Waals surface area contributed by atoms with E-state index in [-0.39, 0.29) is 11.6 Å². The van der Waals surface area contributed by atoms with E-state index in [4.69, 9.17) is 14.2 Å². The first-order chi connectivity index (χ1) is 10.7. The van der Waals surface area contributed by atoms with Crippen LogP contribution in [0.15, 0.2) is 24.3 Å². The number of esters is 1. The van der Waals surface area contributed by atoms with E-state index < -0.39 is 0 Å². The van der Waals surface area contributed by atoms with Gasteiger partial charge in [-0.3, -0.25) is 4.79 Å². The van der Waals surface area contributed by atoms with Gasteiger partial charge < -0.3 is 14.2 Å². The summed E-state index contributed by atoms with van der Waals surface area (Å²) in [7, 11) is 1.78. The third-order valence-corrected chi connectivity index (χ3v) is 4.30. The molecule has 0 radical (unpaired) electrons. The van der Waals surface area contributed by atoms with E-state index in [2.05, 4.69) is 24.3 Å². The van der Waals surface area contributed by atoms with Gasteiger partial charge in [0.25, 0.3) is 0 Å². The van der Waals surface area contributed by atoms with Crippen molar-refractivity contribution >= 4 is 5.97 Å². The minimum Gasteiger partial charge on any atom is -0.466 e. The molecule has 0 saturated carbocycles. The highest BCUT2D eigenvalue weighted by molar-refractivity contribution is 5.69. The normalized spacial score (nSPS) is 17.2. The summed E-state index contributed by atoms with van der Waals surface area (Å²) in [6.07, 6.45) is 3.93. The lowest BCUT2D eigenvalue weighted by Crippen LogP contribution is -2.35. The van der Waals surface area contributed by atoms with Crippen LogP contribution in [0.1, 0.15) is 43.7 Å². The Morgan fingerprint density at radius 2 is 2.09 bits per heavy atom. The van der Waals surface area contributed by atoms with E-state index in [0.29, 0.717) is 13.0 Å². The maximum atomic E-state index is 11.4. The van der Waals surface area contributed by atoms with Crippen LogP contribution in [0.2, 0.25) is 0 Å². The van der Waals surface area contributed by atoms with Gasteiger partial charge in [-0.25, -0.2) is 0 Å². The Kier molecular flexibility index (Phi) is 6.40. The second-order valence-corrected chi connectivity index (χ2v) is 5.67. The van der Waals surface area contributed by atoms with Gasteiger partial charge in [-0.1, -0.05) is 24.3 Å². The highest BCUT2D eigenvalue weighted by atomic mass is 16.5. The predicted octanol–water partition coefficient (Wildman–Crippen LogP) is 3.22. The SMILES string of the molecule is CCOC(=O)CCCc1cccc(C2(OC)CCOCC2)c1. The van der Waals surface area contributed by atoms with Gasteiger partial charge in [0.1, 0.15) is 0 Å². The van der Waals surface area contributed by atoms with Crippen LogP contribution in [0.3, 0.4) is 0 Å². The van der Waals surface area contributed by atoms with Crippen LogP contribution < -0.4 is 0 Å². The smallest absolute Gasteiger partial charge is 0.305 e. The maximum Gasteiger partial charge on any atom is 0.305 e. The maximum absolute atomic E-state index is 11.4. The second kappa shape index (κ2) is 8.30. The van der Waals surface area contributed by atoms with Gasteiger partial charge in [-0.05, 0) is 30.9 Å². The molecule has 0 spiro atoms. The second-order valence-electron chi connectivity index (χ2n) is 5.67. The van der Waals surface area contributed by atoms with Crippen LogP contribution in [0, 0.1) is 0 Å². The number of aryl methyl sites for hydroxylation is 1. The van der Waals surface area contributed by atoms with Crippen molar-refractivity contribution in [3.05, 3.63) is 35.4 Å². The molecule has 0 N–H and O–H groups in total. The fourth-order valence-electron chi connectivity index (χ4n) is 2.99. The minimum atomic E-state index is -0.227. The Bertz CT molecular complexity index is 478. The highest BCUT2D eigenvalue weighted by Gasteiger charge is 2.34. The lowest BCUT2D eigenvalue weighted by Gasteiger charge is -2.36. The zero-order valence-electron chi connectivity index (χ0n) is 13.6. The molecule has 4 nitrogen and oxygen atoms in total. The molecule has 122 valence electrons. The van der Waals surface area contributed by atoms with Crippen LogP contribution >= 0.6 is 0 Å². The summed E-state index contributed by atoms with van der Waals surface area (Å²) in [5.74, 6) is -0.114. The lowest BCUT2D eigenvalue weighted by atomic mass is 9.85. The molecule has 0 aromatic heterocycles. The molecular formula is C18H26O4. The number of hydrogen-bond donors (Lipinski definition) is 0. The van der Waals surface area contributed by atoms with Crippen LogP contribution in [0.25, 0.3) is 0 Å². The monoisotopic (exact) mass is 306 g/mol. The number of benzene rings is 1. The summed E-state index contributed by atoms with van der Waals surface area (Å²) >= 11 is 0. The third kappa shape index (κ3) is 4.31. The van der Waals surface area contributed by atoms with Crippen molar-refractivity contribution in [1.82, 2.24) is 0 Å². The van der Waals surface area contributed by atoms with Gasteiger partial charge in [-0.2, -0.15) is 0 Å². The average molecular weight is 306 g/mol. The van der Waals surface area contributed by atoms with Crippen molar-refractivity contribution in [1.29, 1.82) is 0 Å². The number of ether oxygens (including phenoxy) is 3. The van der Waals surface area contributed by atoms with Crippen LogP contribution in [-0.4, -0.2) is 32.9 Å². The first-order valence-electron chi connectivity index (χ1n) is 8.08. The van der Waals surface area contributed by atoms with Crippen molar-refractivity contribution in [2.24, 2.45) is 0 Å². The molecule has 1 heterocycles. The quantitative estimate of drug-likeness (QED) is 0.726. The Labute approximate surface area is 132 Å². The van der Waals surface area contributed by atoms with E-state index >= 15 is 0 Å². The molecule has 1 fully saturated rings. The van der Waals surface area contributed by atoms with Crippen LogP contribution in [0.5, 0.6) is 0 Å². The number of carbonyl (C=O) groups is 1. The molecule has 0 amide bonds. The fraction of sp³-hybridized carbons (Fsp3) is 0.611. The average Bonchev–Trinajstić information content (AvgIpc) is 2.56. The number of hydrogen-bond acceptors (Lipinski definition) is 4. The van der Waals surface area contributed by atoms with E-state index in [1.165, 1.54) is 11.1 Å². The van der Waals surface area contributed by atoms with Gasteiger partial charge in [0, 0.05) is 39.6 Å². The molecule has 1 aliphatic rings. The Balaban J connectivity index is 1.98. The van der Waals surface area contributed by atoms with Crippen LogP contribution in [-0.2, 0) is 31.0 Å². The van der Waals surface area contributed by atoms with Gasteiger partial charge in [0.2, 0.25) is 0 Å². The predicted molar refractivity (Wildman–Crippen MR) is 84.8 cm³/mol. The Hall–Kier alpha value is -1.39. The summed E-state index contributed by atoms with van der Waals surface area (Å²) in [4.78, 5) is 11.4. The summed E-state index contributed by atoms with van der Waals surface area (Å²) < 4.78 is 16.3. The van der Waals surface area contributed by atoms with Crippen LogP contribution in [0.4, 0.5) is 0 Å². The molecular weight excluding hydrogens is 280 g/mol. The van der Waals surface area contributed by atoms with Crippen molar-refractivity contribution in [2.45, 2.75) is 44.6 Å². The molecule has 0 aliphatic carbocycles. The molecule has 22 heavy (non-hydrogen) atoms. The van der Waals surface area contributed by atoms with Gasteiger partial charge in [0.15, 0.2) is 0 Å². The number of rotatable bonds is 7. The summed E-state index contributed by atoms with van der Waals surface area (Å²) in [5, 5.41) is 0. The van der Waals surface area contributed by atoms with E-state index in [1.807, 2.05) is 6.92 Å². The number of methoxy groups -OCH3 is 1. The van der Waals surface area contributed by atoms with Gasteiger partial charge >= 0.3 is 5.97 Å². The lowest BCUT2D eigenvalue weighted by molar-refractivity contribution is -0.143. The van der Waals surface area contributed by atoms with E-state index in [9.17, 15) is 4.79 Å². The van der Waals surface area contributed by atoms with E-state index in [1.54, 1.807) is 7.11 Å². The van der Waals surface area contributed by atoms with Crippen molar-refractivity contribution < 1.29 is 19.0 Å². The Morgan fingerprint density at radius 3 is 2.77 bits per heavy atom. The van der Waals surface area contributed by atoms with Crippen molar-refractivity contribution in [2.75, 3.05) is 26.9 Å². The third-order valence-electron chi connectivity index (χ3n) is 4.30. The number of carbonyl (C=O) groups excluding carboxylic acids is 1. The topological polar surface area (TPSA) is 44.8 Å². The summed E-state index contributed by atoms with van der Waals surface area (Å²) in [6.45, 7) is 3.76. The molecule has 2 rings (SSSR count). The largest absolute Gasteiger partial charge is 0.466 e. The zero-order valence-corrected chi connectivity index (χ0v) is 13.6. The summed E-state index contributed by atoms with van der Waals surface area (Å²) in [6, 6.07) is 8.52. The fourth-order valence-corrected chi connectivity index (χ4v) is 2.99. The summed E-state index contributed by atoms with van der Waals surface area (Å²) in [5.41, 5.74) is 2.23. The van der Waals surface area contributed by atoms with E-state index in [0.717, 1.165) is 38.9 Å². The first-order valence-corrected chi connectivity index (χ1v) is 8.08. The molecule has 0 bridgehead atoms. The molecule has 1 aliphatic heterocycles. The van der Waals surface area contributed by atoms with Crippen molar-refractivity contribution in [3.63, 3.8) is 0 Å². The minimum absolute atomic E-state index is 0.114. The molecule has 0 atom stereocenters. The molecule has 4 heteroatoms. The molecule has 1 saturated heterocycles.